The van der Waals surface area contributed by atoms with Crippen molar-refractivity contribution in [3.8, 4) is 0 Å². The number of carboxylic acids is 1. The van der Waals surface area contributed by atoms with Crippen LogP contribution in [0, 0.1) is 0 Å². The predicted molar refractivity (Wildman–Crippen MR) is 126 cm³/mol. The molecule has 32 heavy (non-hydrogen) atoms. The van der Waals surface area contributed by atoms with Crippen molar-refractivity contribution in [1.82, 2.24) is 9.55 Å². The Kier molecular flexibility index (Phi) is 5.95. The van der Waals surface area contributed by atoms with E-state index in [0.717, 1.165) is 41.2 Å². The van der Waals surface area contributed by atoms with Gasteiger partial charge in [0.2, 0.25) is 0 Å². The fourth-order valence-electron chi connectivity index (χ4n) is 4.15. The Morgan fingerprint density at radius 1 is 1.12 bits per heavy atom. The van der Waals surface area contributed by atoms with Crippen molar-refractivity contribution in [2.45, 2.75) is 46.2 Å². The number of benzene rings is 2. The van der Waals surface area contributed by atoms with Gasteiger partial charge in [-0.05, 0) is 50.1 Å². The third-order valence-corrected chi connectivity index (χ3v) is 5.70. The second-order valence-corrected chi connectivity index (χ2v) is 8.28. The van der Waals surface area contributed by atoms with E-state index >= 15 is 0 Å². The number of carboxylic acid groups (broad SMARTS) is 1. The number of aryl methyl sites for hydroxylation is 1. The van der Waals surface area contributed by atoms with Crippen LogP contribution < -0.4 is 4.90 Å². The lowest BCUT2D eigenvalue weighted by molar-refractivity contribution is -0.113. The first-order valence-electron chi connectivity index (χ1n) is 10.9. The van der Waals surface area contributed by atoms with Crippen molar-refractivity contribution < 1.29 is 14.7 Å². The average molecular weight is 430 g/mol. The topological polar surface area (TPSA) is 75.4 Å². The third-order valence-electron chi connectivity index (χ3n) is 5.70. The first-order valence-corrected chi connectivity index (χ1v) is 10.9. The maximum Gasteiger partial charge on any atom is 0.335 e. The highest BCUT2D eigenvalue weighted by Crippen LogP contribution is 2.38. The summed E-state index contributed by atoms with van der Waals surface area (Å²) in [6.07, 6.45) is 5.52. The molecule has 1 aliphatic rings. The number of aromatic nitrogens is 2. The monoisotopic (exact) mass is 429 g/mol. The summed E-state index contributed by atoms with van der Waals surface area (Å²) >= 11 is 0. The van der Waals surface area contributed by atoms with Gasteiger partial charge < -0.3 is 14.6 Å². The van der Waals surface area contributed by atoms with Crippen molar-refractivity contribution in [2.75, 3.05) is 4.90 Å². The molecule has 4 rings (SSSR count). The number of para-hydroxylation sites is 1. The summed E-state index contributed by atoms with van der Waals surface area (Å²) in [7, 11) is 0. The van der Waals surface area contributed by atoms with Crippen LogP contribution in [0.15, 0.2) is 54.7 Å². The zero-order valence-corrected chi connectivity index (χ0v) is 18.6. The second-order valence-electron chi connectivity index (χ2n) is 8.28. The first kappa shape index (κ1) is 21.6. The highest BCUT2D eigenvalue weighted by molar-refractivity contribution is 6.35. The molecule has 0 fully saturated rings. The molecular weight excluding hydrogens is 402 g/mol. The van der Waals surface area contributed by atoms with Gasteiger partial charge in [0.1, 0.15) is 5.82 Å². The molecule has 164 valence electrons. The third kappa shape index (κ3) is 3.96. The van der Waals surface area contributed by atoms with Gasteiger partial charge in [0.05, 0.1) is 28.7 Å². The fourth-order valence-corrected chi connectivity index (χ4v) is 4.15. The molecule has 2 heterocycles. The van der Waals surface area contributed by atoms with Crippen molar-refractivity contribution in [1.29, 1.82) is 0 Å². The SMILES string of the molecule is CCCc1ncc(C=C2C(=O)N(C(C)C)c3ccccc32)n1Cc1ccc(C(=O)O)cc1. The van der Waals surface area contributed by atoms with Crippen molar-refractivity contribution in [2.24, 2.45) is 0 Å². The number of anilines is 1. The van der Waals surface area contributed by atoms with E-state index in [1.54, 1.807) is 12.1 Å². The van der Waals surface area contributed by atoms with E-state index in [1.807, 2.05) is 67.4 Å². The molecule has 1 amide bonds. The van der Waals surface area contributed by atoms with Crippen LogP contribution in [0.2, 0.25) is 0 Å². The van der Waals surface area contributed by atoms with Gasteiger partial charge in [-0.15, -0.1) is 0 Å². The van der Waals surface area contributed by atoms with Crippen LogP contribution in [0.3, 0.4) is 0 Å². The van der Waals surface area contributed by atoms with Crippen LogP contribution in [-0.4, -0.2) is 32.6 Å². The second kappa shape index (κ2) is 8.83. The zero-order valence-electron chi connectivity index (χ0n) is 18.6. The summed E-state index contributed by atoms with van der Waals surface area (Å²) in [6.45, 7) is 6.69. The molecule has 6 heteroatoms. The van der Waals surface area contributed by atoms with E-state index < -0.39 is 5.97 Å². The van der Waals surface area contributed by atoms with Gasteiger partial charge in [-0.2, -0.15) is 0 Å². The zero-order chi connectivity index (χ0) is 22.8. The Hall–Kier alpha value is -3.67. The van der Waals surface area contributed by atoms with E-state index in [2.05, 4.69) is 16.5 Å². The Labute approximate surface area is 187 Å². The molecule has 1 aromatic heterocycles. The molecule has 3 aromatic rings. The average Bonchev–Trinajstić information content (AvgIpc) is 3.27. The van der Waals surface area contributed by atoms with Crippen molar-refractivity contribution in [3.63, 3.8) is 0 Å². The minimum atomic E-state index is -0.940. The lowest BCUT2D eigenvalue weighted by Gasteiger charge is -2.21. The molecule has 0 atom stereocenters. The summed E-state index contributed by atoms with van der Waals surface area (Å²) < 4.78 is 2.11. The van der Waals surface area contributed by atoms with Crippen LogP contribution in [0.25, 0.3) is 11.6 Å². The molecule has 1 aliphatic heterocycles. The molecule has 6 nitrogen and oxygen atoms in total. The van der Waals surface area contributed by atoms with Gasteiger partial charge >= 0.3 is 5.97 Å². The maximum absolute atomic E-state index is 13.3. The Bertz CT molecular complexity index is 1190. The molecule has 0 saturated carbocycles. The maximum atomic E-state index is 13.3. The molecule has 0 aliphatic carbocycles. The number of amides is 1. The molecule has 0 spiro atoms. The molecule has 0 bridgehead atoms. The number of imidazole rings is 1. The Morgan fingerprint density at radius 2 is 1.84 bits per heavy atom. The minimum absolute atomic E-state index is 0.00296. The molecule has 0 saturated heterocycles. The number of rotatable bonds is 7. The standard InChI is InChI=1S/C26H27N3O3/c1-4-7-24-27-15-20(28(24)16-18-10-12-19(13-11-18)26(31)32)14-22-21-8-5-6-9-23(21)29(17(2)3)25(22)30/h5-6,8-15,17H,4,7,16H2,1-3H3,(H,31,32). The van der Waals surface area contributed by atoms with Gasteiger partial charge in [0.15, 0.2) is 0 Å². The Morgan fingerprint density at radius 3 is 2.50 bits per heavy atom. The first-order chi connectivity index (χ1) is 15.4. The number of hydrogen-bond acceptors (Lipinski definition) is 3. The lowest BCUT2D eigenvalue weighted by Crippen LogP contribution is -2.33. The predicted octanol–water partition coefficient (Wildman–Crippen LogP) is 4.88. The van der Waals surface area contributed by atoms with Gasteiger partial charge in [0.25, 0.3) is 5.91 Å². The Balaban J connectivity index is 1.75. The van der Waals surface area contributed by atoms with E-state index in [9.17, 15) is 9.59 Å². The van der Waals surface area contributed by atoms with Gasteiger partial charge in [-0.1, -0.05) is 37.3 Å². The number of fused-ring (bicyclic) bond motifs is 1. The van der Waals surface area contributed by atoms with E-state index in [1.165, 1.54) is 0 Å². The van der Waals surface area contributed by atoms with E-state index in [-0.39, 0.29) is 17.5 Å². The number of nitrogens with zero attached hydrogens (tertiary/aromatic N) is 3. The number of aromatic carboxylic acids is 1. The largest absolute Gasteiger partial charge is 0.478 e. The van der Waals surface area contributed by atoms with Gasteiger partial charge in [-0.25, -0.2) is 9.78 Å². The van der Waals surface area contributed by atoms with Crippen LogP contribution in [-0.2, 0) is 17.8 Å². The van der Waals surface area contributed by atoms with Crippen molar-refractivity contribution >= 4 is 29.2 Å². The summed E-state index contributed by atoms with van der Waals surface area (Å²) in [5.74, 6) is 0.00213. The lowest BCUT2D eigenvalue weighted by atomic mass is 10.1. The summed E-state index contributed by atoms with van der Waals surface area (Å²) in [6, 6.07) is 14.8. The number of hydrogen-bond donors (Lipinski definition) is 1. The number of carbonyl (C=O) groups excluding carboxylic acids is 1. The smallest absolute Gasteiger partial charge is 0.335 e. The summed E-state index contributed by atoms with van der Waals surface area (Å²) in [4.78, 5) is 30.9. The normalized spacial score (nSPS) is 14.4. The molecule has 2 aromatic carbocycles. The number of carbonyl (C=O) groups is 2. The van der Waals surface area contributed by atoms with Crippen LogP contribution in [0.1, 0.15) is 60.2 Å². The minimum Gasteiger partial charge on any atom is -0.478 e. The highest BCUT2D eigenvalue weighted by Gasteiger charge is 2.33. The quantitative estimate of drug-likeness (QED) is 0.543. The van der Waals surface area contributed by atoms with Gasteiger partial charge in [-0.3, -0.25) is 4.79 Å². The van der Waals surface area contributed by atoms with Crippen LogP contribution in [0.4, 0.5) is 5.69 Å². The highest BCUT2D eigenvalue weighted by atomic mass is 16.4. The fraction of sp³-hybridized carbons (Fsp3) is 0.269. The molecule has 0 radical (unpaired) electrons. The van der Waals surface area contributed by atoms with Crippen LogP contribution >= 0.6 is 0 Å². The van der Waals surface area contributed by atoms with E-state index in [0.29, 0.717) is 12.1 Å². The van der Waals surface area contributed by atoms with Crippen molar-refractivity contribution in [3.05, 3.63) is 82.9 Å². The summed E-state index contributed by atoms with van der Waals surface area (Å²) in [5.41, 5.74) is 4.63. The van der Waals surface area contributed by atoms with Gasteiger partial charge in [0, 0.05) is 24.6 Å². The molecule has 0 unspecified atom stereocenters. The van der Waals surface area contributed by atoms with E-state index in [4.69, 9.17) is 5.11 Å². The molecular formula is C26H27N3O3. The molecule has 1 N–H and O–H groups in total. The summed E-state index contributed by atoms with van der Waals surface area (Å²) in [5, 5.41) is 9.16. The van der Waals surface area contributed by atoms with Crippen LogP contribution in [0.5, 0.6) is 0 Å².